The van der Waals surface area contributed by atoms with Crippen LogP contribution >= 0.6 is 0 Å². The van der Waals surface area contributed by atoms with Gasteiger partial charge in [0.2, 0.25) is 11.8 Å². The fourth-order valence-electron chi connectivity index (χ4n) is 1.26. The number of carboxylic acid groups (broad SMARTS) is 2. The average Bonchev–Trinajstić information content (AvgIpc) is 2.47. The Morgan fingerprint density at radius 2 is 1.71 bits per heavy atom. The molecular weight excluding hydrogens is 280 g/mol. The highest BCUT2D eigenvalue weighted by molar-refractivity contribution is 5.81. The third-order valence-corrected chi connectivity index (χ3v) is 2.74. The molecule has 0 aromatic heterocycles. The Morgan fingerprint density at radius 1 is 1.14 bits per heavy atom. The molecule has 0 spiro atoms. The fraction of sp³-hybridized carbons (Fsp3) is 0.692. The summed E-state index contributed by atoms with van der Waals surface area (Å²) in [5.41, 5.74) is -0.942. The van der Waals surface area contributed by atoms with Crippen LogP contribution in [0.25, 0.3) is 1.43 Å². The van der Waals surface area contributed by atoms with E-state index in [-0.39, 0.29) is 31.8 Å². The van der Waals surface area contributed by atoms with Crippen molar-refractivity contribution in [3.05, 3.63) is 0 Å². The topological polar surface area (TPSA) is 133 Å². The van der Waals surface area contributed by atoms with Gasteiger partial charge in [0.15, 0.2) is 0 Å². The first-order chi connectivity index (χ1) is 10.6. The Morgan fingerprint density at radius 3 is 2.24 bits per heavy atom. The first-order valence-electron chi connectivity index (χ1n) is 7.44. The van der Waals surface area contributed by atoms with E-state index in [0.29, 0.717) is 0 Å². The lowest BCUT2D eigenvalue weighted by molar-refractivity contribution is -0.147. The van der Waals surface area contributed by atoms with Crippen LogP contribution in [0.15, 0.2) is 0 Å². The van der Waals surface area contributed by atoms with Gasteiger partial charge in [-0.05, 0) is 20.3 Å². The van der Waals surface area contributed by atoms with Gasteiger partial charge < -0.3 is 20.8 Å². The van der Waals surface area contributed by atoms with Crippen molar-refractivity contribution in [3.8, 4) is 0 Å². The van der Waals surface area contributed by atoms with Gasteiger partial charge >= 0.3 is 11.9 Å². The molecule has 0 aromatic rings. The molecule has 4 N–H and O–H groups in total. The molecule has 0 heterocycles. The number of nitrogens with one attached hydrogen (secondary N) is 2. The highest BCUT2D eigenvalue weighted by Crippen LogP contribution is 2.21. The third kappa shape index (κ3) is 9.42. The normalized spacial score (nSPS) is 13.4. The Kier molecular flexibility index (Phi) is 6.50. The number of amides is 2. The molecule has 0 aromatic carbocycles. The Balaban J connectivity index is 3.93. The summed E-state index contributed by atoms with van der Waals surface area (Å²) in [7, 11) is 0. The van der Waals surface area contributed by atoms with E-state index in [1.807, 2.05) is 0 Å². The molecule has 0 radical (unpaired) electrons. The summed E-state index contributed by atoms with van der Waals surface area (Å²) in [6.07, 6.45) is -1.72. The molecule has 0 fully saturated rings. The minimum atomic E-state index is -1.39. The number of aliphatic carboxylic acids is 2. The number of hydrogen-bond acceptors (Lipinski definition) is 5. The maximum Gasteiger partial charge on any atom is 0.309 e. The lowest BCUT2D eigenvalue weighted by atomic mass is 9.88. The zero-order chi connectivity index (χ0) is 18.0. The van der Waals surface area contributed by atoms with E-state index in [4.69, 9.17) is 7.91 Å². The smallest absolute Gasteiger partial charge is 0.309 e. The second-order valence-corrected chi connectivity index (χ2v) is 5.11. The van der Waals surface area contributed by atoms with Crippen LogP contribution in [0.4, 0.5) is 0 Å². The third-order valence-electron chi connectivity index (χ3n) is 2.74. The summed E-state index contributed by atoms with van der Waals surface area (Å²) in [6.45, 7) is 3.31. The van der Waals surface area contributed by atoms with Gasteiger partial charge in [-0.25, -0.2) is 0 Å². The molecule has 2 amide bonds. The largest absolute Gasteiger partial charge is 0.481 e. The van der Waals surface area contributed by atoms with Crippen LogP contribution in [-0.4, -0.2) is 47.1 Å². The van der Waals surface area contributed by atoms with E-state index in [2.05, 4.69) is 15.7 Å². The Labute approximate surface area is 125 Å². The van der Waals surface area contributed by atoms with Crippen molar-refractivity contribution < 1.29 is 30.8 Å². The Hall–Kier alpha value is -2.12. The van der Waals surface area contributed by atoms with Crippen LogP contribution in [-0.2, 0) is 19.2 Å². The van der Waals surface area contributed by atoms with Crippen LogP contribution < -0.4 is 10.6 Å². The van der Waals surface area contributed by atoms with Crippen molar-refractivity contribution in [2.45, 2.75) is 39.5 Å². The molecule has 0 aliphatic heterocycles. The van der Waals surface area contributed by atoms with Crippen molar-refractivity contribution in [2.24, 2.45) is 5.41 Å². The average molecular weight is 305 g/mol. The molecule has 0 saturated heterocycles. The van der Waals surface area contributed by atoms with Crippen molar-refractivity contribution in [2.75, 3.05) is 13.1 Å². The Bertz CT molecular complexity index is 456. The quantitative estimate of drug-likeness (QED) is 0.419. The van der Waals surface area contributed by atoms with Gasteiger partial charge in [-0.2, -0.15) is 0 Å². The van der Waals surface area contributed by atoms with Gasteiger partial charge in [-0.15, -0.1) is 0 Å². The van der Waals surface area contributed by atoms with Crippen LogP contribution in [0.1, 0.15) is 40.9 Å². The predicted octanol–water partition coefficient (Wildman–Crippen LogP) is -0.0254. The highest BCUT2D eigenvalue weighted by atomic mass is 16.4. The molecule has 8 nitrogen and oxygen atoms in total. The van der Waals surface area contributed by atoms with Crippen LogP contribution in [0.5, 0.6) is 0 Å². The molecule has 1 atom stereocenters. The molecule has 21 heavy (non-hydrogen) atoms. The first kappa shape index (κ1) is 15.3. The maximum atomic E-state index is 11.6. The fourth-order valence-corrected chi connectivity index (χ4v) is 1.26. The summed E-state index contributed by atoms with van der Waals surface area (Å²) >= 11 is 0. The summed E-state index contributed by atoms with van der Waals surface area (Å²) < 4.78 is 13.8. The first-order valence-corrected chi connectivity index (χ1v) is 6.46. The molecule has 1 unspecified atom stereocenters. The molecular formula is C13H22N2O6. The number of hydrogen-bond donors (Lipinski definition) is 4. The zero-order valence-corrected chi connectivity index (χ0v) is 12.1. The molecule has 0 saturated carbocycles. The molecule has 0 rings (SSSR count). The van der Waals surface area contributed by atoms with Crippen molar-refractivity contribution in [3.63, 3.8) is 0 Å². The summed E-state index contributed by atoms with van der Waals surface area (Å²) in [4.78, 5) is 44.6. The zero-order valence-electron chi connectivity index (χ0n) is 14.1. The predicted molar refractivity (Wildman–Crippen MR) is 73.5 cm³/mol. The van der Waals surface area contributed by atoms with Gasteiger partial charge in [0.1, 0.15) is 0 Å². The van der Waals surface area contributed by atoms with E-state index in [9.17, 15) is 19.2 Å². The van der Waals surface area contributed by atoms with E-state index < -0.39 is 36.1 Å². The van der Waals surface area contributed by atoms with Crippen molar-refractivity contribution in [1.82, 2.24) is 10.6 Å². The van der Waals surface area contributed by atoms with Crippen LogP contribution in [0.2, 0.25) is 0 Å². The van der Waals surface area contributed by atoms with E-state index in [0.717, 1.165) is 0 Å². The molecule has 0 bridgehead atoms. The van der Waals surface area contributed by atoms with E-state index in [1.54, 1.807) is 13.8 Å². The highest BCUT2D eigenvalue weighted by Gasteiger charge is 2.27. The van der Waals surface area contributed by atoms with Crippen molar-refractivity contribution in [1.29, 1.82) is 1.43 Å². The van der Waals surface area contributed by atoms with Crippen LogP contribution in [0.3, 0.4) is 0 Å². The van der Waals surface area contributed by atoms with Gasteiger partial charge in [0, 0.05) is 27.3 Å². The number of carboxylic acids is 2. The lowest BCUT2D eigenvalue weighted by Gasteiger charge is -2.18. The van der Waals surface area contributed by atoms with Gasteiger partial charge in [-0.1, -0.05) is 0 Å². The molecule has 120 valence electrons. The second kappa shape index (κ2) is 8.93. The van der Waals surface area contributed by atoms with Gasteiger partial charge in [0.05, 0.1) is 11.8 Å². The second-order valence-electron chi connectivity index (χ2n) is 5.11. The van der Waals surface area contributed by atoms with E-state index >= 15 is 0 Å². The standard InChI is InChI=1S/C13H22N2O6/c1-13(2,12(20)21)6-5-10(17)15-8-7-14-9(16)3-4-11(18)19/h3-8H2,1-2H3,(H,14,16)(H,15,17)(H,18,19)(H,20,21)/i3T/hD. The number of rotatable bonds is 10. The monoisotopic (exact) mass is 305 g/mol. The molecule has 8 heteroatoms. The minimum Gasteiger partial charge on any atom is -0.481 e. The van der Waals surface area contributed by atoms with E-state index in [1.165, 1.54) is 0 Å². The number of carbonyl (C=O) groups is 4. The summed E-state index contributed by atoms with van der Waals surface area (Å²) in [5.74, 6) is -3.02. The summed E-state index contributed by atoms with van der Waals surface area (Å²) in [6, 6.07) is 0. The maximum absolute atomic E-state index is 11.6. The molecule has 0 aliphatic carbocycles. The summed E-state index contributed by atoms with van der Waals surface area (Å²) in [5, 5.41) is 17.2. The van der Waals surface area contributed by atoms with Crippen molar-refractivity contribution >= 4 is 23.8 Å². The SMILES string of the molecule is [2H]OC(=O)C(C)(C)CCC(=O)NCCNC(=O)C([3H])CC(=O)O. The molecule has 0 aliphatic rings. The lowest BCUT2D eigenvalue weighted by Crippen LogP contribution is -2.35. The van der Waals surface area contributed by atoms with Crippen LogP contribution in [0, 0.1) is 5.41 Å². The van der Waals surface area contributed by atoms with Gasteiger partial charge in [-0.3, -0.25) is 19.2 Å². The number of carbonyl (C=O) groups excluding carboxylic acids is 2. The minimum absolute atomic E-state index is 0.0517. The van der Waals surface area contributed by atoms with Gasteiger partial charge in [0.25, 0.3) is 1.43 Å².